The molecule has 0 atom stereocenters. The lowest BCUT2D eigenvalue weighted by Gasteiger charge is -2.20. The Balaban J connectivity index is 4.48. The molecule has 0 heterocycles. The zero-order valence-corrected chi connectivity index (χ0v) is 9.77. The van der Waals surface area contributed by atoms with E-state index in [0.717, 1.165) is 0 Å². The lowest BCUT2D eigenvalue weighted by atomic mass is 10.5. The number of rotatable bonds is 6. The summed E-state index contributed by atoms with van der Waals surface area (Å²) in [7, 11) is -3.27. The zero-order valence-electron chi connectivity index (χ0n) is 8.88. The Morgan fingerprint density at radius 2 is 1.71 bits per heavy atom. The first-order valence-electron chi connectivity index (χ1n) is 4.36. The molecule has 0 unspecified atom stereocenters. The summed E-state index contributed by atoms with van der Waals surface area (Å²) in [5, 5.41) is 3.22. The summed E-state index contributed by atoms with van der Waals surface area (Å²) < 4.78 is 22.1. The highest BCUT2D eigenvalue weighted by molar-refractivity contribution is 7.53. The first-order valence-corrected chi connectivity index (χ1v) is 6.09. The minimum atomic E-state index is -3.27. The third kappa shape index (κ3) is 6.00. The number of hydrogen-bond donors (Lipinski definition) is 0. The minimum Gasteiger partial charge on any atom is -0.306 e. The van der Waals surface area contributed by atoms with Crippen molar-refractivity contribution in [1.82, 2.24) is 0 Å². The van der Waals surface area contributed by atoms with E-state index < -0.39 is 7.60 Å². The van der Waals surface area contributed by atoms with E-state index in [9.17, 15) is 4.57 Å². The molecule has 14 heavy (non-hydrogen) atoms. The van der Waals surface area contributed by atoms with Gasteiger partial charge in [-0.15, -0.1) is 0 Å². The molecule has 6 nitrogen and oxygen atoms in total. The van der Waals surface area contributed by atoms with Crippen molar-refractivity contribution in [3.63, 3.8) is 0 Å². The summed E-state index contributed by atoms with van der Waals surface area (Å²) in [6.07, 6.45) is -0.721. The highest BCUT2D eigenvalue weighted by atomic mass is 31.2. The smallest absolute Gasteiger partial charge is 0.306 e. The highest BCUT2D eigenvalue weighted by Crippen LogP contribution is 2.50. The van der Waals surface area contributed by atoms with E-state index in [1.807, 2.05) is 0 Å². The lowest BCUT2D eigenvalue weighted by Crippen LogP contribution is -2.09. The monoisotopic (exact) mass is 221 g/mol. The Kier molecular flexibility index (Phi) is 5.81. The van der Waals surface area contributed by atoms with Gasteiger partial charge in [0.05, 0.1) is 12.2 Å². The fourth-order valence-corrected chi connectivity index (χ4v) is 2.52. The topological polar surface area (TPSA) is 84.3 Å². The molecule has 0 spiro atoms. The van der Waals surface area contributed by atoms with Gasteiger partial charge in [-0.25, -0.2) is 0 Å². The second kappa shape index (κ2) is 6.04. The van der Waals surface area contributed by atoms with Crippen molar-refractivity contribution in [1.29, 1.82) is 0 Å². The van der Waals surface area contributed by atoms with E-state index in [0.29, 0.717) is 0 Å². The van der Waals surface area contributed by atoms with Crippen molar-refractivity contribution in [3.8, 4) is 0 Å². The Hall–Kier alpha value is -0.540. The fourth-order valence-electron chi connectivity index (χ4n) is 0.840. The molecule has 0 saturated carbocycles. The molecule has 0 bridgehead atoms. The average Bonchev–Trinajstić information content (AvgIpc) is 1.97. The standard InChI is InChI=1S/C7H16N3O3P/c1-6(2)12-14(11,5-9-10-8)13-7(3)4/h6-7H,5H2,1-4H3. The summed E-state index contributed by atoms with van der Waals surface area (Å²) in [5.74, 6) is 0. The molecule has 0 radical (unpaired) electrons. The molecule has 0 aromatic heterocycles. The van der Waals surface area contributed by atoms with Crippen molar-refractivity contribution >= 4 is 7.60 Å². The van der Waals surface area contributed by atoms with Crippen LogP contribution in [0.4, 0.5) is 0 Å². The van der Waals surface area contributed by atoms with E-state index in [1.165, 1.54) is 0 Å². The first kappa shape index (κ1) is 13.5. The quantitative estimate of drug-likeness (QED) is 0.298. The molecule has 0 amide bonds. The number of nitrogens with zero attached hydrogens (tertiary/aromatic N) is 3. The number of hydrogen-bond acceptors (Lipinski definition) is 4. The van der Waals surface area contributed by atoms with Crippen LogP contribution in [-0.2, 0) is 13.6 Å². The van der Waals surface area contributed by atoms with E-state index in [-0.39, 0.29) is 18.5 Å². The third-order valence-electron chi connectivity index (χ3n) is 1.04. The Morgan fingerprint density at radius 3 is 2.00 bits per heavy atom. The van der Waals surface area contributed by atoms with Gasteiger partial charge < -0.3 is 9.05 Å². The van der Waals surface area contributed by atoms with Gasteiger partial charge in [-0.3, -0.25) is 4.57 Å². The van der Waals surface area contributed by atoms with Gasteiger partial charge in [0.2, 0.25) is 0 Å². The molecule has 0 rings (SSSR count). The molecule has 0 aliphatic heterocycles. The van der Waals surface area contributed by atoms with Crippen LogP contribution in [-0.4, -0.2) is 18.5 Å². The zero-order chi connectivity index (χ0) is 11.2. The van der Waals surface area contributed by atoms with Gasteiger partial charge in [0.15, 0.2) is 0 Å². The van der Waals surface area contributed by atoms with E-state index in [2.05, 4.69) is 10.0 Å². The summed E-state index contributed by atoms with van der Waals surface area (Å²) in [4.78, 5) is 2.53. The second-order valence-electron chi connectivity index (χ2n) is 3.29. The molecule has 0 aliphatic carbocycles. The third-order valence-corrected chi connectivity index (χ3v) is 3.00. The predicted octanol–water partition coefficient (Wildman–Crippen LogP) is 3.30. The minimum absolute atomic E-state index is 0.228. The molecule has 0 aliphatic rings. The second-order valence-corrected chi connectivity index (χ2v) is 5.22. The van der Waals surface area contributed by atoms with Crippen LogP contribution in [0.1, 0.15) is 27.7 Å². The van der Waals surface area contributed by atoms with E-state index in [4.69, 9.17) is 14.6 Å². The van der Waals surface area contributed by atoms with Gasteiger partial charge in [-0.2, -0.15) is 0 Å². The van der Waals surface area contributed by atoms with E-state index >= 15 is 0 Å². The highest BCUT2D eigenvalue weighted by Gasteiger charge is 2.26. The summed E-state index contributed by atoms with van der Waals surface area (Å²) >= 11 is 0. The van der Waals surface area contributed by atoms with Crippen molar-refractivity contribution < 1.29 is 13.6 Å². The van der Waals surface area contributed by atoms with Crippen LogP contribution in [0, 0.1) is 0 Å². The average molecular weight is 221 g/mol. The molecular weight excluding hydrogens is 205 g/mol. The Morgan fingerprint density at radius 1 is 1.29 bits per heavy atom. The van der Waals surface area contributed by atoms with Crippen LogP contribution >= 0.6 is 7.60 Å². The molecule has 0 aromatic carbocycles. The molecule has 0 saturated heterocycles. The van der Waals surface area contributed by atoms with Crippen LogP contribution in [0.25, 0.3) is 10.4 Å². The maximum absolute atomic E-state index is 11.9. The fraction of sp³-hybridized carbons (Fsp3) is 1.00. The van der Waals surface area contributed by atoms with Crippen LogP contribution < -0.4 is 0 Å². The Bertz CT molecular complexity index is 247. The van der Waals surface area contributed by atoms with Gasteiger partial charge in [-0.1, -0.05) is 5.11 Å². The molecular formula is C7H16N3O3P. The maximum atomic E-state index is 11.9. The van der Waals surface area contributed by atoms with Crippen LogP contribution in [0.2, 0.25) is 0 Å². The van der Waals surface area contributed by atoms with Gasteiger partial charge >= 0.3 is 7.60 Å². The van der Waals surface area contributed by atoms with Gasteiger partial charge in [0.25, 0.3) is 0 Å². The van der Waals surface area contributed by atoms with Gasteiger partial charge in [0, 0.05) is 4.91 Å². The normalized spacial score (nSPS) is 11.9. The van der Waals surface area contributed by atoms with Crippen molar-refractivity contribution in [3.05, 3.63) is 10.4 Å². The predicted molar refractivity (Wildman–Crippen MR) is 54.1 cm³/mol. The van der Waals surface area contributed by atoms with Crippen LogP contribution in [0.15, 0.2) is 5.11 Å². The van der Waals surface area contributed by atoms with Gasteiger partial charge in [-0.05, 0) is 33.2 Å². The van der Waals surface area contributed by atoms with E-state index in [1.54, 1.807) is 27.7 Å². The van der Waals surface area contributed by atoms with Gasteiger partial charge in [0.1, 0.15) is 6.29 Å². The van der Waals surface area contributed by atoms with Crippen molar-refractivity contribution in [2.45, 2.75) is 39.9 Å². The van der Waals surface area contributed by atoms with Crippen LogP contribution in [0.3, 0.4) is 0 Å². The van der Waals surface area contributed by atoms with Crippen molar-refractivity contribution in [2.24, 2.45) is 5.11 Å². The summed E-state index contributed by atoms with van der Waals surface area (Å²) in [6, 6.07) is 0. The van der Waals surface area contributed by atoms with Crippen LogP contribution in [0.5, 0.6) is 0 Å². The Labute approximate surface area is 83.8 Å². The molecule has 7 heteroatoms. The molecule has 0 aromatic rings. The maximum Gasteiger partial charge on any atom is 0.337 e. The molecule has 0 fully saturated rings. The molecule has 0 N–H and O–H groups in total. The van der Waals surface area contributed by atoms with Crippen molar-refractivity contribution in [2.75, 3.05) is 6.29 Å². The SMILES string of the molecule is CC(C)OP(=O)(CN=[N+]=[N-])OC(C)C. The summed E-state index contributed by atoms with van der Waals surface area (Å²) in [5.41, 5.74) is 8.12. The lowest BCUT2D eigenvalue weighted by molar-refractivity contribution is 0.143. The first-order chi connectivity index (χ1) is 6.39. The number of azide groups is 1. The molecule has 82 valence electrons. The largest absolute Gasteiger partial charge is 0.337 e. The summed E-state index contributed by atoms with van der Waals surface area (Å²) in [6.45, 7) is 6.97.